The summed E-state index contributed by atoms with van der Waals surface area (Å²) in [6, 6.07) is 18.0. The molecule has 0 N–H and O–H groups in total. The summed E-state index contributed by atoms with van der Waals surface area (Å²) < 4.78 is 39.1. The number of carbonyl (C=O) groups excluding carboxylic acids is 3. The van der Waals surface area contributed by atoms with Crippen LogP contribution in [0.5, 0.6) is 0 Å². The molecule has 0 spiro atoms. The summed E-state index contributed by atoms with van der Waals surface area (Å²) in [5, 5.41) is 0. The van der Waals surface area contributed by atoms with Gasteiger partial charge in [-0.05, 0) is 68.0 Å². The molecule has 0 aliphatic heterocycles. The van der Waals surface area contributed by atoms with Crippen molar-refractivity contribution in [2.45, 2.75) is 58.0 Å². The summed E-state index contributed by atoms with van der Waals surface area (Å²) in [6.07, 6.45) is 0.752. The Kier molecular flexibility index (Phi) is 9.50. The molecule has 0 saturated carbocycles. The first-order valence-electron chi connectivity index (χ1n) is 12.4. The molecule has 3 rings (SSSR count). The molecular formula is C31H32F2O5. The number of halogens is 2. The van der Waals surface area contributed by atoms with E-state index in [1.165, 1.54) is 13.2 Å². The molecule has 0 heterocycles. The van der Waals surface area contributed by atoms with E-state index in [1.54, 1.807) is 39.0 Å². The molecule has 38 heavy (non-hydrogen) atoms. The van der Waals surface area contributed by atoms with E-state index < -0.39 is 40.5 Å². The van der Waals surface area contributed by atoms with Gasteiger partial charge in [0.05, 0.1) is 12.7 Å². The van der Waals surface area contributed by atoms with Gasteiger partial charge >= 0.3 is 11.9 Å². The third-order valence-electron chi connectivity index (χ3n) is 6.00. The van der Waals surface area contributed by atoms with Gasteiger partial charge < -0.3 is 9.47 Å². The summed E-state index contributed by atoms with van der Waals surface area (Å²) in [6.45, 7) is 5.23. The van der Waals surface area contributed by atoms with Crippen molar-refractivity contribution in [3.8, 4) is 11.1 Å². The van der Waals surface area contributed by atoms with Gasteiger partial charge in [-0.15, -0.1) is 0 Å². The van der Waals surface area contributed by atoms with Gasteiger partial charge in [0.2, 0.25) is 0 Å². The van der Waals surface area contributed by atoms with Crippen LogP contribution in [0, 0.1) is 11.6 Å². The third-order valence-corrected chi connectivity index (χ3v) is 6.00. The first-order valence-corrected chi connectivity index (χ1v) is 12.4. The van der Waals surface area contributed by atoms with Crippen LogP contribution in [0.4, 0.5) is 8.78 Å². The van der Waals surface area contributed by atoms with Crippen molar-refractivity contribution in [3.05, 3.63) is 95.1 Å². The number of hydrogen-bond acceptors (Lipinski definition) is 5. The van der Waals surface area contributed by atoms with Crippen LogP contribution in [-0.4, -0.2) is 30.4 Å². The molecule has 0 aliphatic rings. The summed E-state index contributed by atoms with van der Waals surface area (Å²) in [5.74, 6) is -4.38. The minimum absolute atomic E-state index is 0.0252. The minimum Gasteiger partial charge on any atom is -0.469 e. The lowest BCUT2D eigenvalue weighted by Crippen LogP contribution is -2.25. The van der Waals surface area contributed by atoms with E-state index in [0.717, 1.165) is 28.8 Å². The van der Waals surface area contributed by atoms with Crippen LogP contribution in [-0.2, 0) is 25.5 Å². The van der Waals surface area contributed by atoms with Gasteiger partial charge in [-0.1, -0.05) is 54.6 Å². The fraction of sp³-hybridized carbons (Fsp3) is 0.323. The number of carbonyl (C=O) groups is 3. The van der Waals surface area contributed by atoms with Crippen LogP contribution in [0.25, 0.3) is 11.1 Å². The predicted molar refractivity (Wildman–Crippen MR) is 141 cm³/mol. The lowest BCUT2D eigenvalue weighted by atomic mass is 9.85. The van der Waals surface area contributed by atoms with Crippen molar-refractivity contribution < 1.29 is 32.6 Å². The second-order valence-electron chi connectivity index (χ2n) is 10.0. The van der Waals surface area contributed by atoms with E-state index in [9.17, 15) is 23.2 Å². The van der Waals surface area contributed by atoms with Crippen molar-refractivity contribution in [2.24, 2.45) is 0 Å². The Bertz CT molecular complexity index is 1270. The van der Waals surface area contributed by atoms with E-state index in [2.05, 4.69) is 4.74 Å². The Balaban J connectivity index is 1.91. The van der Waals surface area contributed by atoms with Crippen LogP contribution < -0.4 is 0 Å². The van der Waals surface area contributed by atoms with Gasteiger partial charge in [-0.3, -0.25) is 14.4 Å². The van der Waals surface area contributed by atoms with Crippen molar-refractivity contribution in [2.75, 3.05) is 7.11 Å². The van der Waals surface area contributed by atoms with Gasteiger partial charge in [0.25, 0.3) is 0 Å². The Morgan fingerprint density at radius 2 is 1.45 bits per heavy atom. The molecule has 3 aromatic carbocycles. The maximum absolute atomic E-state index is 14.5. The molecule has 0 aromatic heterocycles. The van der Waals surface area contributed by atoms with E-state index in [-0.39, 0.29) is 25.2 Å². The predicted octanol–water partition coefficient (Wildman–Crippen LogP) is 6.83. The molecule has 1 atom stereocenters. The number of ketones is 1. The van der Waals surface area contributed by atoms with Crippen LogP contribution >= 0.6 is 0 Å². The fourth-order valence-corrected chi connectivity index (χ4v) is 4.16. The van der Waals surface area contributed by atoms with E-state index in [4.69, 9.17) is 4.74 Å². The number of ether oxygens (including phenoxy) is 2. The Labute approximate surface area is 221 Å². The normalized spacial score (nSPS) is 12.1. The summed E-state index contributed by atoms with van der Waals surface area (Å²) in [5.41, 5.74) is 1.85. The van der Waals surface area contributed by atoms with Crippen LogP contribution in [0.2, 0.25) is 0 Å². The first kappa shape index (κ1) is 28.7. The second-order valence-corrected chi connectivity index (χ2v) is 10.0. The average molecular weight is 523 g/mol. The molecule has 7 heteroatoms. The van der Waals surface area contributed by atoms with Gasteiger partial charge in [0.1, 0.15) is 17.2 Å². The Morgan fingerprint density at radius 3 is 2.05 bits per heavy atom. The molecule has 0 bridgehead atoms. The van der Waals surface area contributed by atoms with Gasteiger partial charge in [0.15, 0.2) is 5.78 Å². The molecule has 200 valence electrons. The van der Waals surface area contributed by atoms with E-state index in [0.29, 0.717) is 12.0 Å². The zero-order valence-electron chi connectivity index (χ0n) is 22.1. The molecule has 0 aliphatic carbocycles. The number of rotatable bonds is 10. The van der Waals surface area contributed by atoms with Gasteiger partial charge in [0, 0.05) is 18.8 Å². The quantitative estimate of drug-likeness (QED) is 0.216. The fourth-order valence-electron chi connectivity index (χ4n) is 4.16. The summed E-state index contributed by atoms with van der Waals surface area (Å²) in [7, 11) is 1.35. The average Bonchev–Trinajstić information content (AvgIpc) is 2.86. The van der Waals surface area contributed by atoms with Crippen molar-refractivity contribution >= 4 is 17.7 Å². The third kappa shape index (κ3) is 7.81. The highest BCUT2D eigenvalue weighted by Gasteiger charge is 2.29. The number of aryl methyl sites for hydroxylation is 1. The minimum atomic E-state index is -0.965. The molecule has 0 amide bonds. The second kappa shape index (κ2) is 12.6. The smallest absolute Gasteiger partial charge is 0.306 e. The van der Waals surface area contributed by atoms with Crippen molar-refractivity contribution in [3.63, 3.8) is 0 Å². The van der Waals surface area contributed by atoms with Gasteiger partial charge in [-0.25, -0.2) is 8.78 Å². The lowest BCUT2D eigenvalue weighted by Gasteiger charge is -2.21. The molecule has 3 aromatic rings. The van der Waals surface area contributed by atoms with Crippen LogP contribution in [0.15, 0.2) is 66.7 Å². The lowest BCUT2D eigenvalue weighted by molar-refractivity contribution is -0.155. The highest BCUT2D eigenvalue weighted by atomic mass is 19.1. The molecule has 1 unspecified atom stereocenters. The number of methoxy groups -OCH3 is 1. The Morgan fingerprint density at radius 1 is 0.816 bits per heavy atom. The first-order chi connectivity index (χ1) is 18.0. The standard InChI is InChI=1S/C31H32F2O5/c1-31(2,3)38-28(35)18-16-24(30(36)29-25(32)9-6-10-26(29)33)23-8-5-7-22(19-23)21-14-11-20(12-15-21)13-17-27(34)37-4/h5-12,14-15,19,24H,13,16-18H2,1-4H3. The van der Waals surface area contributed by atoms with Gasteiger partial charge in [-0.2, -0.15) is 0 Å². The summed E-state index contributed by atoms with van der Waals surface area (Å²) in [4.78, 5) is 37.3. The monoisotopic (exact) mass is 522 g/mol. The van der Waals surface area contributed by atoms with E-state index >= 15 is 0 Å². The molecule has 0 saturated heterocycles. The SMILES string of the molecule is COC(=O)CCc1ccc(-c2cccc(C(CCC(=O)OC(C)(C)C)C(=O)c3c(F)cccc3F)c2)cc1. The molecule has 0 radical (unpaired) electrons. The highest BCUT2D eigenvalue weighted by molar-refractivity contribution is 6.01. The number of esters is 2. The van der Waals surface area contributed by atoms with Crippen LogP contribution in [0.3, 0.4) is 0 Å². The number of hydrogen-bond donors (Lipinski definition) is 0. The molecule has 0 fully saturated rings. The van der Waals surface area contributed by atoms with Crippen LogP contribution in [0.1, 0.15) is 67.4 Å². The van der Waals surface area contributed by atoms with Crippen molar-refractivity contribution in [1.82, 2.24) is 0 Å². The van der Waals surface area contributed by atoms with E-state index in [1.807, 2.05) is 30.3 Å². The molecule has 5 nitrogen and oxygen atoms in total. The molecular weight excluding hydrogens is 490 g/mol. The highest BCUT2D eigenvalue weighted by Crippen LogP contribution is 2.32. The number of Topliss-reactive ketones (excluding diaryl/α,β-unsaturated/α-hetero) is 1. The Hall–Kier alpha value is -3.87. The summed E-state index contributed by atoms with van der Waals surface area (Å²) >= 11 is 0. The zero-order valence-corrected chi connectivity index (χ0v) is 22.1. The topological polar surface area (TPSA) is 69.7 Å². The largest absolute Gasteiger partial charge is 0.469 e. The zero-order chi connectivity index (χ0) is 27.9. The van der Waals surface area contributed by atoms with Crippen molar-refractivity contribution in [1.29, 1.82) is 0 Å². The number of benzene rings is 3. The maximum atomic E-state index is 14.5. The maximum Gasteiger partial charge on any atom is 0.306 e.